The third-order valence-electron chi connectivity index (χ3n) is 2.85. The van der Waals surface area contributed by atoms with Crippen LogP contribution in [0, 0.1) is 6.92 Å². The quantitative estimate of drug-likeness (QED) is 0.832. The molecule has 0 spiro atoms. The van der Waals surface area contributed by atoms with Gasteiger partial charge in [-0.1, -0.05) is 0 Å². The highest BCUT2D eigenvalue weighted by Crippen LogP contribution is 2.39. The molecule has 0 amide bonds. The fourth-order valence-corrected chi connectivity index (χ4v) is 1.89. The van der Waals surface area contributed by atoms with Crippen molar-refractivity contribution >= 4 is 5.82 Å². The van der Waals surface area contributed by atoms with Crippen LogP contribution in [-0.2, 0) is 0 Å². The second-order valence-electron chi connectivity index (χ2n) is 4.37. The molecule has 2 aromatic rings. The molecule has 1 aliphatic rings. The zero-order chi connectivity index (χ0) is 11.1. The Bertz CT molecular complexity index is 505. The number of aryl methyl sites for hydroxylation is 1. The highest BCUT2D eigenvalue weighted by atomic mass is 15.0. The topological polar surface area (TPSA) is 56.7 Å². The maximum absolute atomic E-state index is 5.73. The second kappa shape index (κ2) is 3.33. The van der Waals surface area contributed by atoms with E-state index in [0.29, 0.717) is 11.7 Å². The Hall–Kier alpha value is -1.84. The molecule has 4 nitrogen and oxygen atoms in total. The van der Waals surface area contributed by atoms with E-state index in [0.717, 1.165) is 11.4 Å². The van der Waals surface area contributed by atoms with E-state index in [1.807, 2.05) is 30.0 Å². The number of pyridine rings is 1. The summed E-state index contributed by atoms with van der Waals surface area (Å²) in [4.78, 5) is 8.57. The van der Waals surface area contributed by atoms with Crippen LogP contribution in [0.15, 0.2) is 24.7 Å². The average Bonchev–Trinajstić information content (AvgIpc) is 2.95. The van der Waals surface area contributed by atoms with Gasteiger partial charge in [-0.05, 0) is 25.8 Å². The summed E-state index contributed by atoms with van der Waals surface area (Å²) < 4.78 is 2.01. The molecule has 4 heteroatoms. The molecule has 0 bridgehead atoms. The number of hydrogen-bond acceptors (Lipinski definition) is 3. The molecule has 0 aromatic carbocycles. The average molecular weight is 214 g/mol. The number of nitrogens with zero attached hydrogens (tertiary/aromatic N) is 3. The Morgan fingerprint density at radius 3 is 2.88 bits per heavy atom. The first kappa shape index (κ1) is 9.39. The molecule has 0 atom stereocenters. The molecular weight excluding hydrogens is 200 g/mol. The number of anilines is 1. The van der Waals surface area contributed by atoms with Crippen molar-refractivity contribution in [2.24, 2.45) is 0 Å². The second-order valence-corrected chi connectivity index (χ2v) is 4.37. The molecule has 1 saturated carbocycles. The fourth-order valence-electron chi connectivity index (χ4n) is 1.89. The molecule has 82 valence electrons. The predicted octanol–water partition coefficient (Wildman–Crippen LogP) is 2.04. The molecule has 16 heavy (non-hydrogen) atoms. The van der Waals surface area contributed by atoms with Gasteiger partial charge in [-0.25, -0.2) is 9.97 Å². The highest BCUT2D eigenvalue weighted by molar-refractivity contribution is 5.44. The van der Waals surface area contributed by atoms with E-state index >= 15 is 0 Å². The van der Waals surface area contributed by atoms with Crippen molar-refractivity contribution in [1.82, 2.24) is 14.5 Å². The lowest BCUT2D eigenvalue weighted by Gasteiger charge is -2.04. The van der Waals surface area contributed by atoms with Gasteiger partial charge in [0, 0.05) is 23.9 Å². The minimum atomic E-state index is 0.552. The van der Waals surface area contributed by atoms with Gasteiger partial charge in [-0.2, -0.15) is 0 Å². The van der Waals surface area contributed by atoms with Gasteiger partial charge < -0.3 is 10.3 Å². The van der Waals surface area contributed by atoms with Crippen molar-refractivity contribution in [3.8, 4) is 5.69 Å². The molecule has 1 aliphatic carbocycles. The van der Waals surface area contributed by atoms with Crippen LogP contribution in [-0.4, -0.2) is 14.5 Å². The van der Waals surface area contributed by atoms with Crippen LogP contribution >= 0.6 is 0 Å². The molecule has 2 heterocycles. The zero-order valence-corrected chi connectivity index (χ0v) is 9.22. The number of hydrogen-bond donors (Lipinski definition) is 1. The summed E-state index contributed by atoms with van der Waals surface area (Å²) >= 11 is 0. The van der Waals surface area contributed by atoms with Crippen molar-refractivity contribution in [3.63, 3.8) is 0 Å². The summed E-state index contributed by atoms with van der Waals surface area (Å²) in [5, 5.41) is 0. The first-order chi connectivity index (χ1) is 7.72. The molecule has 0 radical (unpaired) electrons. The van der Waals surface area contributed by atoms with Crippen LogP contribution in [0.2, 0.25) is 0 Å². The number of aromatic nitrogens is 3. The molecule has 1 fully saturated rings. The van der Waals surface area contributed by atoms with E-state index < -0.39 is 0 Å². The van der Waals surface area contributed by atoms with Gasteiger partial charge in [-0.15, -0.1) is 0 Å². The predicted molar refractivity (Wildman–Crippen MR) is 62.5 cm³/mol. The highest BCUT2D eigenvalue weighted by Gasteiger charge is 2.25. The summed E-state index contributed by atoms with van der Waals surface area (Å²) in [7, 11) is 0. The van der Waals surface area contributed by atoms with Gasteiger partial charge in [0.2, 0.25) is 0 Å². The number of nitrogens with two attached hydrogens (primary N) is 1. The summed E-state index contributed by atoms with van der Waals surface area (Å²) in [6.45, 7) is 1.94. The van der Waals surface area contributed by atoms with E-state index in [1.165, 1.54) is 18.5 Å². The van der Waals surface area contributed by atoms with Crippen molar-refractivity contribution in [2.75, 3.05) is 5.73 Å². The van der Waals surface area contributed by atoms with Gasteiger partial charge >= 0.3 is 0 Å². The van der Waals surface area contributed by atoms with Gasteiger partial charge in [0.25, 0.3) is 0 Å². The first-order valence-electron chi connectivity index (χ1n) is 5.51. The lowest BCUT2D eigenvalue weighted by molar-refractivity contribution is 1.04. The summed E-state index contributed by atoms with van der Waals surface area (Å²) in [5.41, 5.74) is 8.88. The van der Waals surface area contributed by atoms with Crippen LogP contribution in [0.5, 0.6) is 0 Å². The Balaban J connectivity index is 2.00. The van der Waals surface area contributed by atoms with E-state index in [4.69, 9.17) is 5.73 Å². The molecule has 2 aromatic heterocycles. The van der Waals surface area contributed by atoms with Crippen LogP contribution < -0.4 is 5.73 Å². The number of imidazole rings is 1. The molecular formula is C12H14N4. The van der Waals surface area contributed by atoms with Gasteiger partial charge in [0.15, 0.2) is 0 Å². The van der Waals surface area contributed by atoms with Gasteiger partial charge in [0.1, 0.15) is 5.82 Å². The summed E-state index contributed by atoms with van der Waals surface area (Å²) in [6, 6.07) is 3.88. The molecule has 2 N–H and O–H groups in total. The van der Waals surface area contributed by atoms with E-state index in [2.05, 4.69) is 16.2 Å². The van der Waals surface area contributed by atoms with E-state index in [-0.39, 0.29) is 0 Å². The monoisotopic (exact) mass is 214 g/mol. The minimum Gasteiger partial charge on any atom is -0.384 e. The Morgan fingerprint density at radius 1 is 1.38 bits per heavy atom. The molecule has 0 unspecified atom stereocenters. The van der Waals surface area contributed by atoms with E-state index in [9.17, 15) is 0 Å². The van der Waals surface area contributed by atoms with Crippen molar-refractivity contribution in [2.45, 2.75) is 25.7 Å². The zero-order valence-electron chi connectivity index (χ0n) is 9.22. The Labute approximate surface area is 94.1 Å². The summed E-state index contributed by atoms with van der Waals surface area (Å²) in [5.74, 6) is 1.23. The van der Waals surface area contributed by atoms with Crippen LogP contribution in [0.4, 0.5) is 5.82 Å². The van der Waals surface area contributed by atoms with Gasteiger partial charge in [-0.3, -0.25) is 0 Å². The standard InChI is InChI=1S/C12H14N4/c1-8-4-10(5-12(13)15-8)16-6-11(14-7-16)9-2-3-9/h4-7,9H,2-3H2,1H3,(H2,13,15). The smallest absolute Gasteiger partial charge is 0.125 e. The van der Waals surface area contributed by atoms with Crippen molar-refractivity contribution in [1.29, 1.82) is 0 Å². The van der Waals surface area contributed by atoms with E-state index in [1.54, 1.807) is 0 Å². The lowest BCUT2D eigenvalue weighted by atomic mass is 10.3. The van der Waals surface area contributed by atoms with Crippen LogP contribution in [0.1, 0.15) is 30.1 Å². The maximum Gasteiger partial charge on any atom is 0.125 e. The van der Waals surface area contributed by atoms with Crippen LogP contribution in [0.3, 0.4) is 0 Å². The third kappa shape index (κ3) is 1.66. The number of rotatable bonds is 2. The van der Waals surface area contributed by atoms with Gasteiger partial charge in [0.05, 0.1) is 17.7 Å². The third-order valence-corrected chi connectivity index (χ3v) is 2.85. The first-order valence-corrected chi connectivity index (χ1v) is 5.51. The summed E-state index contributed by atoms with van der Waals surface area (Å²) in [6.07, 6.45) is 6.48. The molecule has 3 rings (SSSR count). The van der Waals surface area contributed by atoms with Crippen molar-refractivity contribution in [3.05, 3.63) is 36.0 Å². The SMILES string of the molecule is Cc1cc(-n2cnc(C3CC3)c2)cc(N)n1. The van der Waals surface area contributed by atoms with Crippen molar-refractivity contribution < 1.29 is 0 Å². The minimum absolute atomic E-state index is 0.552. The Kier molecular flexibility index (Phi) is 1.96. The molecule has 0 aliphatic heterocycles. The lowest BCUT2D eigenvalue weighted by Crippen LogP contribution is -1.97. The fraction of sp³-hybridized carbons (Fsp3) is 0.333. The normalized spacial score (nSPS) is 15.3. The Morgan fingerprint density at radius 2 is 2.19 bits per heavy atom. The van der Waals surface area contributed by atoms with Crippen LogP contribution in [0.25, 0.3) is 5.69 Å². The maximum atomic E-state index is 5.73. The largest absolute Gasteiger partial charge is 0.384 e. The molecule has 0 saturated heterocycles. The number of nitrogen functional groups attached to an aromatic ring is 1.